The topological polar surface area (TPSA) is 93.5 Å². The van der Waals surface area contributed by atoms with Gasteiger partial charge in [-0.05, 0) is 31.5 Å². The smallest absolute Gasteiger partial charge is 0.311 e. The minimum Gasteiger partial charge on any atom is -0.483 e. The van der Waals surface area contributed by atoms with Crippen molar-refractivity contribution < 1.29 is 14.5 Å². The van der Waals surface area contributed by atoms with Crippen LogP contribution in [0, 0.1) is 10.1 Å². The lowest BCUT2D eigenvalue weighted by Crippen LogP contribution is -2.34. The molecule has 1 aromatic rings. The average molecular weight is 277 g/mol. The van der Waals surface area contributed by atoms with Crippen LogP contribution in [-0.4, -0.2) is 30.0 Å². The van der Waals surface area contributed by atoms with Gasteiger partial charge in [0.2, 0.25) is 5.91 Å². The fourth-order valence-corrected chi connectivity index (χ4v) is 2.57. The maximum absolute atomic E-state index is 11.4. The number of nitrogens with one attached hydrogen (secondary N) is 2. The maximum atomic E-state index is 11.4. The first-order chi connectivity index (χ1) is 9.63. The molecule has 1 aromatic carbocycles. The summed E-state index contributed by atoms with van der Waals surface area (Å²) in [6.45, 7) is 1.69. The predicted molar refractivity (Wildman–Crippen MR) is 71.9 cm³/mol. The third-order valence-electron chi connectivity index (χ3n) is 3.59. The monoisotopic (exact) mass is 277 g/mol. The van der Waals surface area contributed by atoms with Crippen LogP contribution < -0.4 is 15.4 Å². The number of amides is 1. The number of ether oxygens (including phenoxy) is 1. The van der Waals surface area contributed by atoms with Crippen LogP contribution in [0.5, 0.6) is 5.75 Å². The number of fused-ring (bicyclic) bond motifs is 1. The van der Waals surface area contributed by atoms with E-state index in [4.69, 9.17) is 4.74 Å². The lowest BCUT2D eigenvalue weighted by atomic mass is 10.1. The van der Waals surface area contributed by atoms with Gasteiger partial charge in [-0.25, -0.2) is 0 Å². The first-order valence-electron chi connectivity index (χ1n) is 6.62. The summed E-state index contributed by atoms with van der Waals surface area (Å²) in [5, 5.41) is 17.1. The first kappa shape index (κ1) is 12.9. The van der Waals surface area contributed by atoms with Crippen molar-refractivity contribution in [2.24, 2.45) is 0 Å². The third-order valence-corrected chi connectivity index (χ3v) is 3.59. The molecular weight excluding hydrogens is 262 g/mol. The van der Waals surface area contributed by atoms with Crippen LogP contribution in [0.2, 0.25) is 0 Å². The summed E-state index contributed by atoms with van der Waals surface area (Å²) in [5.74, 6) is 0.0937. The summed E-state index contributed by atoms with van der Waals surface area (Å²) in [6, 6.07) is 3.00. The highest BCUT2D eigenvalue weighted by molar-refractivity contribution is 5.99. The molecule has 2 aliphatic heterocycles. The van der Waals surface area contributed by atoms with Gasteiger partial charge in [-0.15, -0.1) is 0 Å². The van der Waals surface area contributed by atoms with Crippen LogP contribution in [0.15, 0.2) is 12.1 Å². The molecular formula is C13H15N3O4. The van der Waals surface area contributed by atoms with Gasteiger partial charge in [0.25, 0.3) is 0 Å². The number of hydrogen-bond acceptors (Lipinski definition) is 5. The Morgan fingerprint density at radius 1 is 1.30 bits per heavy atom. The van der Waals surface area contributed by atoms with E-state index in [1.165, 1.54) is 6.07 Å². The average Bonchev–Trinajstić information content (AvgIpc) is 2.78. The molecule has 20 heavy (non-hydrogen) atoms. The molecule has 0 spiro atoms. The second kappa shape index (κ2) is 5.09. The number of hydrogen-bond donors (Lipinski definition) is 2. The number of anilines is 1. The summed E-state index contributed by atoms with van der Waals surface area (Å²) in [7, 11) is 0. The molecule has 1 fully saturated rings. The molecule has 0 atom stereocenters. The first-order valence-corrected chi connectivity index (χ1v) is 6.62. The van der Waals surface area contributed by atoms with E-state index in [9.17, 15) is 14.9 Å². The summed E-state index contributed by atoms with van der Waals surface area (Å²) in [5.41, 5.74) is 1.20. The van der Waals surface area contributed by atoms with E-state index in [-0.39, 0.29) is 29.9 Å². The number of nitrogens with zero attached hydrogens (tertiary/aromatic N) is 1. The minimum absolute atomic E-state index is 0.0231. The molecule has 1 amide bonds. The zero-order valence-corrected chi connectivity index (χ0v) is 10.8. The van der Waals surface area contributed by atoms with E-state index in [0.29, 0.717) is 11.3 Å². The zero-order valence-electron chi connectivity index (χ0n) is 10.8. The highest BCUT2D eigenvalue weighted by Crippen LogP contribution is 2.37. The molecule has 0 radical (unpaired) electrons. The minimum atomic E-state index is -0.459. The molecule has 0 unspecified atom stereocenters. The van der Waals surface area contributed by atoms with E-state index in [0.717, 1.165) is 25.9 Å². The standard InChI is InChI=1S/C13H15N3O4/c17-13-6-8-5-11(16(18)19)12(7-10(8)15-13)20-9-1-3-14-4-2-9/h5,7,9,14H,1-4,6H2,(H,15,17). The van der Waals surface area contributed by atoms with Gasteiger partial charge < -0.3 is 15.4 Å². The van der Waals surface area contributed by atoms with E-state index in [1.807, 2.05) is 0 Å². The fourth-order valence-electron chi connectivity index (χ4n) is 2.57. The molecule has 0 saturated carbocycles. The van der Waals surface area contributed by atoms with Crippen molar-refractivity contribution in [3.8, 4) is 5.75 Å². The Labute approximate surface area is 115 Å². The highest BCUT2D eigenvalue weighted by Gasteiger charge is 2.27. The van der Waals surface area contributed by atoms with Crippen molar-refractivity contribution in [2.45, 2.75) is 25.4 Å². The summed E-state index contributed by atoms with van der Waals surface area (Å²) < 4.78 is 5.78. The second-order valence-corrected chi connectivity index (χ2v) is 5.03. The van der Waals surface area contributed by atoms with Gasteiger partial charge in [0.05, 0.1) is 11.3 Å². The van der Waals surface area contributed by atoms with Crippen LogP contribution in [0.3, 0.4) is 0 Å². The number of piperidine rings is 1. The van der Waals surface area contributed by atoms with E-state index in [1.54, 1.807) is 6.07 Å². The van der Waals surface area contributed by atoms with Crippen LogP contribution in [0.25, 0.3) is 0 Å². The fraction of sp³-hybridized carbons (Fsp3) is 0.462. The number of rotatable bonds is 3. The molecule has 106 valence electrons. The third kappa shape index (κ3) is 2.44. The molecule has 2 heterocycles. The SMILES string of the molecule is O=C1Cc2cc([N+](=O)[O-])c(OC3CCNCC3)cc2N1. The van der Waals surface area contributed by atoms with Crippen LogP contribution in [0.1, 0.15) is 18.4 Å². The summed E-state index contributed by atoms with van der Waals surface area (Å²) in [4.78, 5) is 22.0. The van der Waals surface area contributed by atoms with Crippen molar-refractivity contribution in [3.63, 3.8) is 0 Å². The largest absolute Gasteiger partial charge is 0.483 e. The summed E-state index contributed by atoms with van der Waals surface area (Å²) in [6.07, 6.45) is 1.80. The predicted octanol–water partition coefficient (Wildman–Crippen LogP) is 1.22. The number of carbonyl (C=O) groups excluding carboxylic acids is 1. The van der Waals surface area contributed by atoms with Gasteiger partial charge >= 0.3 is 5.69 Å². The van der Waals surface area contributed by atoms with Gasteiger partial charge in [-0.1, -0.05) is 0 Å². The van der Waals surface area contributed by atoms with Crippen molar-refractivity contribution in [3.05, 3.63) is 27.8 Å². The van der Waals surface area contributed by atoms with Gasteiger partial charge in [-0.3, -0.25) is 14.9 Å². The Morgan fingerprint density at radius 2 is 2.05 bits per heavy atom. The molecule has 7 heteroatoms. The zero-order chi connectivity index (χ0) is 14.1. The van der Waals surface area contributed by atoms with Crippen LogP contribution >= 0.6 is 0 Å². The van der Waals surface area contributed by atoms with Crippen LogP contribution in [-0.2, 0) is 11.2 Å². The number of carbonyl (C=O) groups is 1. The van der Waals surface area contributed by atoms with Crippen LogP contribution in [0.4, 0.5) is 11.4 Å². The van der Waals surface area contributed by atoms with Crippen molar-refractivity contribution in [1.82, 2.24) is 5.32 Å². The molecule has 0 aliphatic carbocycles. The van der Waals surface area contributed by atoms with Gasteiger partial charge in [0.15, 0.2) is 5.75 Å². The van der Waals surface area contributed by atoms with Gasteiger partial charge in [0.1, 0.15) is 6.10 Å². The molecule has 3 rings (SSSR count). The molecule has 2 aliphatic rings. The molecule has 7 nitrogen and oxygen atoms in total. The Morgan fingerprint density at radius 3 is 2.75 bits per heavy atom. The van der Waals surface area contributed by atoms with Crippen molar-refractivity contribution in [2.75, 3.05) is 18.4 Å². The quantitative estimate of drug-likeness (QED) is 0.640. The highest BCUT2D eigenvalue weighted by atomic mass is 16.6. The number of nitro benzene ring substituents is 1. The Kier molecular flexibility index (Phi) is 3.27. The van der Waals surface area contributed by atoms with Gasteiger partial charge in [-0.2, -0.15) is 0 Å². The second-order valence-electron chi connectivity index (χ2n) is 5.03. The molecule has 1 saturated heterocycles. The van der Waals surface area contributed by atoms with Crippen molar-refractivity contribution in [1.29, 1.82) is 0 Å². The normalized spacial score (nSPS) is 18.5. The lowest BCUT2D eigenvalue weighted by molar-refractivity contribution is -0.386. The van der Waals surface area contributed by atoms with E-state index >= 15 is 0 Å². The maximum Gasteiger partial charge on any atom is 0.311 e. The Hall–Kier alpha value is -2.15. The molecule has 2 N–H and O–H groups in total. The summed E-state index contributed by atoms with van der Waals surface area (Å²) >= 11 is 0. The number of nitro groups is 1. The van der Waals surface area contributed by atoms with Gasteiger partial charge in [0, 0.05) is 17.8 Å². The number of benzene rings is 1. The molecule has 0 aromatic heterocycles. The molecule has 0 bridgehead atoms. The van der Waals surface area contributed by atoms with E-state index in [2.05, 4.69) is 10.6 Å². The Bertz CT molecular complexity index is 567. The Balaban J connectivity index is 1.90. The lowest BCUT2D eigenvalue weighted by Gasteiger charge is -2.23. The van der Waals surface area contributed by atoms with Crippen molar-refractivity contribution >= 4 is 17.3 Å². The van der Waals surface area contributed by atoms with E-state index < -0.39 is 4.92 Å².